The topological polar surface area (TPSA) is 7.68 Å². The van der Waals surface area contributed by atoms with Crippen LogP contribution in [0.2, 0.25) is 0 Å². The monoisotopic (exact) mass is 319 g/mol. The van der Waals surface area contributed by atoms with Crippen molar-refractivity contribution in [3.63, 3.8) is 0 Å². The fourth-order valence-corrected chi connectivity index (χ4v) is 4.48. The molecule has 0 unspecified atom stereocenters. The van der Waals surface area contributed by atoms with Gasteiger partial charge in [-0.05, 0) is 61.3 Å². The summed E-state index contributed by atoms with van der Waals surface area (Å²) in [6.45, 7) is 11.8. The molecule has 1 saturated carbocycles. The van der Waals surface area contributed by atoms with Crippen LogP contribution in [-0.4, -0.2) is 32.2 Å². The van der Waals surface area contributed by atoms with Gasteiger partial charge in [0.25, 0.3) is 0 Å². The molecule has 2 aliphatic rings. The normalized spacial score (nSPS) is 27.2. The van der Waals surface area contributed by atoms with Crippen LogP contribution in [0.3, 0.4) is 0 Å². The summed E-state index contributed by atoms with van der Waals surface area (Å²) >= 11 is 0. The molecule has 3 rings (SSSR count). The van der Waals surface area contributed by atoms with Crippen molar-refractivity contribution in [2.45, 2.75) is 52.5 Å². The van der Waals surface area contributed by atoms with E-state index >= 15 is 0 Å². The van der Waals surface area contributed by atoms with Crippen molar-refractivity contribution >= 4 is 5.69 Å². The summed E-state index contributed by atoms with van der Waals surface area (Å²) in [5.41, 5.74) is 1.64. The Morgan fingerprint density at radius 1 is 0.957 bits per heavy atom. The number of hydrogen-bond donors (Lipinski definition) is 1. The highest BCUT2D eigenvalue weighted by Crippen LogP contribution is 2.37. The summed E-state index contributed by atoms with van der Waals surface area (Å²) in [4.78, 5) is 4.21. The lowest BCUT2D eigenvalue weighted by Crippen LogP contribution is -3.18. The Kier molecular flexibility index (Phi) is 4.96. The largest absolute Gasteiger partial charge is 0.360 e. The van der Waals surface area contributed by atoms with Crippen LogP contribution >= 0.6 is 0 Å². The number of anilines is 1. The van der Waals surface area contributed by atoms with E-state index in [2.05, 4.69) is 25.7 Å². The van der Waals surface area contributed by atoms with Gasteiger partial charge in [0, 0.05) is 5.69 Å². The van der Waals surface area contributed by atoms with E-state index in [0.717, 1.165) is 25.0 Å². The molecule has 0 bridgehead atoms. The molecule has 128 valence electrons. The standard InChI is InChI=1S/C20H31FN2/c1-20(2,3)16-4-8-18(9-5-16)22-12-14-23(15-13-22)19-10-6-17(21)7-11-19/h6-7,10-11,16,18H,4-5,8-9,12-15H2,1-3H3/p+1. The minimum Gasteiger partial charge on any atom is -0.360 e. The first-order valence-electron chi connectivity index (χ1n) is 9.28. The van der Waals surface area contributed by atoms with E-state index in [0.29, 0.717) is 5.41 Å². The van der Waals surface area contributed by atoms with Crippen LogP contribution in [0.25, 0.3) is 0 Å². The maximum Gasteiger partial charge on any atom is 0.123 e. The van der Waals surface area contributed by atoms with Crippen molar-refractivity contribution in [1.29, 1.82) is 0 Å². The Hall–Kier alpha value is -1.09. The molecule has 0 atom stereocenters. The van der Waals surface area contributed by atoms with Crippen LogP contribution in [0.4, 0.5) is 10.1 Å². The average molecular weight is 319 g/mol. The van der Waals surface area contributed by atoms with E-state index in [4.69, 9.17) is 0 Å². The smallest absolute Gasteiger partial charge is 0.123 e. The van der Waals surface area contributed by atoms with Gasteiger partial charge in [0.15, 0.2) is 0 Å². The molecule has 0 radical (unpaired) electrons. The Morgan fingerprint density at radius 3 is 2.04 bits per heavy atom. The molecular weight excluding hydrogens is 287 g/mol. The molecule has 1 aromatic rings. The van der Waals surface area contributed by atoms with Crippen molar-refractivity contribution in [2.75, 3.05) is 31.1 Å². The van der Waals surface area contributed by atoms with Crippen molar-refractivity contribution in [2.24, 2.45) is 11.3 Å². The van der Waals surface area contributed by atoms with Crippen LogP contribution in [0, 0.1) is 17.2 Å². The highest BCUT2D eigenvalue weighted by molar-refractivity contribution is 5.46. The lowest BCUT2D eigenvalue weighted by atomic mass is 9.71. The first kappa shape index (κ1) is 16.8. The van der Waals surface area contributed by atoms with Gasteiger partial charge in [-0.25, -0.2) is 4.39 Å². The van der Waals surface area contributed by atoms with Crippen LogP contribution in [0.15, 0.2) is 24.3 Å². The van der Waals surface area contributed by atoms with Crippen molar-refractivity contribution in [3.05, 3.63) is 30.1 Å². The summed E-state index contributed by atoms with van der Waals surface area (Å²) in [6.07, 6.45) is 5.60. The second kappa shape index (κ2) is 6.80. The third-order valence-corrected chi connectivity index (χ3v) is 6.13. The highest BCUT2D eigenvalue weighted by atomic mass is 19.1. The van der Waals surface area contributed by atoms with Gasteiger partial charge >= 0.3 is 0 Å². The summed E-state index contributed by atoms with van der Waals surface area (Å²) in [5, 5.41) is 0. The third-order valence-electron chi connectivity index (χ3n) is 6.13. The second-order valence-electron chi connectivity index (χ2n) is 8.54. The van der Waals surface area contributed by atoms with E-state index in [9.17, 15) is 4.39 Å². The lowest BCUT2D eigenvalue weighted by Gasteiger charge is -2.42. The molecule has 1 N–H and O–H groups in total. The Bertz CT molecular complexity index is 489. The predicted octanol–water partition coefficient (Wildman–Crippen LogP) is 3.14. The molecular formula is C20H32FN2+. The zero-order chi connectivity index (χ0) is 16.4. The summed E-state index contributed by atoms with van der Waals surface area (Å²) in [6, 6.07) is 7.83. The maximum atomic E-state index is 13.1. The van der Waals surface area contributed by atoms with E-state index in [1.807, 2.05) is 12.1 Å². The summed E-state index contributed by atoms with van der Waals surface area (Å²) in [7, 11) is 0. The number of piperazine rings is 1. The molecule has 23 heavy (non-hydrogen) atoms. The third kappa shape index (κ3) is 4.06. The van der Waals surface area contributed by atoms with Gasteiger partial charge < -0.3 is 9.80 Å². The minimum atomic E-state index is -0.145. The van der Waals surface area contributed by atoms with Crippen LogP contribution in [0.1, 0.15) is 46.5 Å². The summed E-state index contributed by atoms with van der Waals surface area (Å²) < 4.78 is 13.1. The first-order valence-corrected chi connectivity index (χ1v) is 9.28. The van der Waals surface area contributed by atoms with Crippen LogP contribution in [0.5, 0.6) is 0 Å². The molecule has 1 heterocycles. The van der Waals surface area contributed by atoms with Crippen LogP contribution < -0.4 is 9.80 Å². The molecule has 1 aromatic carbocycles. The lowest BCUT2D eigenvalue weighted by molar-refractivity contribution is -0.927. The minimum absolute atomic E-state index is 0.145. The fraction of sp³-hybridized carbons (Fsp3) is 0.700. The quantitative estimate of drug-likeness (QED) is 0.880. The fourth-order valence-electron chi connectivity index (χ4n) is 4.48. The summed E-state index contributed by atoms with van der Waals surface area (Å²) in [5.74, 6) is 0.757. The van der Waals surface area contributed by atoms with Gasteiger partial charge in [0.1, 0.15) is 5.82 Å². The Labute approximate surface area is 140 Å². The van der Waals surface area contributed by atoms with Gasteiger partial charge in [0.05, 0.1) is 32.2 Å². The number of nitrogens with zero attached hydrogens (tertiary/aromatic N) is 1. The SMILES string of the molecule is CC(C)(C)C1CCC([NH+]2CCN(c3ccc(F)cc3)CC2)CC1. The van der Waals surface area contributed by atoms with Crippen molar-refractivity contribution in [1.82, 2.24) is 0 Å². The van der Waals surface area contributed by atoms with Gasteiger partial charge in [-0.15, -0.1) is 0 Å². The molecule has 2 nitrogen and oxygen atoms in total. The van der Waals surface area contributed by atoms with E-state index in [-0.39, 0.29) is 5.82 Å². The van der Waals surface area contributed by atoms with E-state index in [1.54, 1.807) is 17.0 Å². The second-order valence-corrected chi connectivity index (χ2v) is 8.54. The number of benzene rings is 1. The zero-order valence-electron chi connectivity index (χ0n) is 14.9. The van der Waals surface area contributed by atoms with Gasteiger partial charge in [-0.3, -0.25) is 0 Å². The number of quaternary nitrogens is 1. The van der Waals surface area contributed by atoms with Crippen molar-refractivity contribution < 1.29 is 9.29 Å². The van der Waals surface area contributed by atoms with Gasteiger partial charge in [-0.1, -0.05) is 20.8 Å². The number of hydrogen-bond acceptors (Lipinski definition) is 1. The van der Waals surface area contributed by atoms with E-state index < -0.39 is 0 Å². The molecule has 0 aromatic heterocycles. The molecule has 1 aliphatic heterocycles. The Morgan fingerprint density at radius 2 is 1.52 bits per heavy atom. The highest BCUT2D eigenvalue weighted by Gasteiger charge is 2.35. The number of rotatable bonds is 2. The maximum absolute atomic E-state index is 13.1. The Balaban J connectivity index is 1.49. The van der Waals surface area contributed by atoms with Gasteiger partial charge in [0.2, 0.25) is 0 Å². The van der Waals surface area contributed by atoms with E-state index in [1.165, 1.54) is 44.5 Å². The van der Waals surface area contributed by atoms with Crippen LogP contribution in [-0.2, 0) is 0 Å². The van der Waals surface area contributed by atoms with Gasteiger partial charge in [-0.2, -0.15) is 0 Å². The molecule has 2 fully saturated rings. The first-order chi connectivity index (χ1) is 10.9. The molecule has 3 heteroatoms. The van der Waals surface area contributed by atoms with Crippen molar-refractivity contribution in [3.8, 4) is 0 Å². The number of halogens is 1. The number of nitrogens with one attached hydrogen (secondary N) is 1. The molecule has 1 saturated heterocycles. The molecule has 0 amide bonds. The average Bonchev–Trinajstić information content (AvgIpc) is 2.55. The predicted molar refractivity (Wildman–Crippen MR) is 94.5 cm³/mol. The molecule has 1 aliphatic carbocycles. The molecule has 0 spiro atoms. The zero-order valence-corrected chi connectivity index (χ0v) is 14.9.